The number of pyridine rings is 1. The number of rotatable bonds is 5. The Morgan fingerprint density at radius 3 is 2.59 bits per heavy atom. The second-order valence-corrected chi connectivity index (χ2v) is 5.88. The molecule has 0 atom stereocenters. The Bertz CT molecular complexity index is 1080. The van der Waals surface area contributed by atoms with Crippen LogP contribution in [0.5, 0.6) is 17.4 Å². The van der Waals surface area contributed by atoms with E-state index in [4.69, 9.17) is 21.1 Å². The van der Waals surface area contributed by atoms with Crippen molar-refractivity contribution in [2.75, 3.05) is 0 Å². The number of benzene rings is 1. The number of fused-ring (bicyclic) bond motifs is 1. The zero-order valence-electron chi connectivity index (χ0n) is 13.6. The van der Waals surface area contributed by atoms with Gasteiger partial charge >= 0.3 is 0 Å². The molecule has 3 aromatic heterocycles. The topological polar surface area (TPSA) is 61.5 Å². The third-order valence-electron chi connectivity index (χ3n) is 3.60. The molecule has 0 aliphatic heterocycles. The summed E-state index contributed by atoms with van der Waals surface area (Å²) in [5.74, 6) is -1.33. The number of ether oxygens (including phenoxy) is 2. The standard InChI is InChI=1S/C18H11ClF2N4O2/c19-15-2-1-12(9-23-15)27-17-13(20)7-11(8-14(17)21)10-26-16-3-5-25-6-4-22-18(25)24-16/h1-9H,10H2. The number of aromatic nitrogens is 4. The van der Waals surface area contributed by atoms with Gasteiger partial charge in [-0.15, -0.1) is 0 Å². The summed E-state index contributed by atoms with van der Waals surface area (Å²) in [6.45, 7) is -0.0689. The van der Waals surface area contributed by atoms with Crippen molar-refractivity contribution in [3.8, 4) is 17.4 Å². The first-order valence-corrected chi connectivity index (χ1v) is 8.16. The van der Waals surface area contributed by atoms with Crippen LogP contribution in [-0.2, 0) is 6.61 Å². The highest BCUT2D eigenvalue weighted by atomic mass is 35.5. The van der Waals surface area contributed by atoms with Gasteiger partial charge in [0.1, 0.15) is 17.5 Å². The molecule has 0 unspecified atom stereocenters. The molecule has 1 aromatic carbocycles. The van der Waals surface area contributed by atoms with Gasteiger partial charge < -0.3 is 9.47 Å². The van der Waals surface area contributed by atoms with Crippen molar-refractivity contribution < 1.29 is 18.3 Å². The van der Waals surface area contributed by atoms with Crippen molar-refractivity contribution in [2.24, 2.45) is 0 Å². The van der Waals surface area contributed by atoms with Crippen molar-refractivity contribution in [1.29, 1.82) is 0 Å². The summed E-state index contributed by atoms with van der Waals surface area (Å²) in [5.41, 5.74) is 0.289. The van der Waals surface area contributed by atoms with Gasteiger partial charge in [-0.2, -0.15) is 4.98 Å². The predicted octanol–water partition coefficient (Wildman–Crippen LogP) is 4.43. The van der Waals surface area contributed by atoms with Gasteiger partial charge in [-0.25, -0.2) is 18.7 Å². The summed E-state index contributed by atoms with van der Waals surface area (Å²) >= 11 is 5.67. The van der Waals surface area contributed by atoms with E-state index in [1.165, 1.54) is 18.3 Å². The molecule has 27 heavy (non-hydrogen) atoms. The lowest BCUT2D eigenvalue weighted by Gasteiger charge is -2.10. The van der Waals surface area contributed by atoms with Gasteiger partial charge in [0.15, 0.2) is 17.4 Å². The second-order valence-electron chi connectivity index (χ2n) is 5.50. The van der Waals surface area contributed by atoms with E-state index in [1.54, 1.807) is 29.1 Å². The Labute approximate surface area is 157 Å². The molecule has 0 N–H and O–H groups in total. The quantitative estimate of drug-likeness (QED) is 0.473. The van der Waals surface area contributed by atoms with Crippen LogP contribution < -0.4 is 9.47 Å². The first-order valence-electron chi connectivity index (χ1n) is 7.78. The summed E-state index contributed by atoms with van der Waals surface area (Å²) in [6.07, 6.45) is 6.34. The van der Waals surface area contributed by atoms with Crippen molar-refractivity contribution >= 4 is 17.4 Å². The van der Waals surface area contributed by atoms with Crippen LogP contribution in [0.15, 0.2) is 55.1 Å². The van der Waals surface area contributed by atoms with Gasteiger partial charge in [-0.3, -0.25) is 4.40 Å². The Kier molecular flexibility index (Phi) is 4.55. The first-order chi connectivity index (χ1) is 13.1. The lowest BCUT2D eigenvalue weighted by atomic mass is 10.2. The van der Waals surface area contributed by atoms with Crippen molar-refractivity contribution in [2.45, 2.75) is 6.61 Å². The second kappa shape index (κ2) is 7.16. The molecule has 0 spiro atoms. The molecule has 3 heterocycles. The molecule has 0 saturated carbocycles. The summed E-state index contributed by atoms with van der Waals surface area (Å²) in [5, 5.41) is 0.248. The van der Waals surface area contributed by atoms with Crippen LogP contribution in [0.1, 0.15) is 5.56 Å². The molecule has 0 aliphatic carbocycles. The fourth-order valence-corrected chi connectivity index (χ4v) is 2.47. The lowest BCUT2D eigenvalue weighted by Crippen LogP contribution is -2.01. The van der Waals surface area contributed by atoms with E-state index in [0.717, 1.165) is 12.1 Å². The van der Waals surface area contributed by atoms with Gasteiger partial charge in [-0.05, 0) is 29.8 Å². The average Bonchev–Trinajstić information content (AvgIpc) is 3.12. The van der Waals surface area contributed by atoms with E-state index in [1.807, 2.05) is 0 Å². The first kappa shape index (κ1) is 17.2. The van der Waals surface area contributed by atoms with Gasteiger partial charge in [0.25, 0.3) is 0 Å². The fourth-order valence-electron chi connectivity index (χ4n) is 2.36. The maximum Gasteiger partial charge on any atom is 0.236 e. The summed E-state index contributed by atoms with van der Waals surface area (Å²) in [6, 6.07) is 6.82. The van der Waals surface area contributed by atoms with Gasteiger partial charge in [0.2, 0.25) is 11.7 Å². The molecule has 136 valence electrons. The predicted molar refractivity (Wildman–Crippen MR) is 93.0 cm³/mol. The summed E-state index contributed by atoms with van der Waals surface area (Å²) in [4.78, 5) is 12.0. The zero-order valence-corrected chi connectivity index (χ0v) is 14.4. The van der Waals surface area contributed by atoms with E-state index in [2.05, 4.69) is 15.0 Å². The van der Waals surface area contributed by atoms with Crippen LogP contribution in [-0.4, -0.2) is 19.4 Å². The van der Waals surface area contributed by atoms with Crippen LogP contribution in [0.4, 0.5) is 8.78 Å². The molecule has 9 heteroatoms. The summed E-state index contributed by atoms with van der Waals surface area (Å²) < 4.78 is 41.0. The molecule has 0 radical (unpaired) electrons. The number of imidazole rings is 1. The zero-order chi connectivity index (χ0) is 18.8. The Hall–Kier alpha value is -3.26. The highest BCUT2D eigenvalue weighted by Crippen LogP contribution is 2.29. The highest BCUT2D eigenvalue weighted by Gasteiger charge is 2.14. The molecule has 6 nitrogen and oxygen atoms in total. The molecular formula is C18H11ClF2N4O2. The molecule has 0 saturated heterocycles. The molecule has 4 rings (SSSR count). The lowest BCUT2D eigenvalue weighted by molar-refractivity contribution is 0.292. The minimum absolute atomic E-state index is 0.0689. The third-order valence-corrected chi connectivity index (χ3v) is 3.82. The minimum Gasteiger partial charge on any atom is -0.473 e. The molecule has 0 bridgehead atoms. The number of nitrogens with zero attached hydrogens (tertiary/aromatic N) is 4. The van der Waals surface area contributed by atoms with Crippen molar-refractivity contribution in [3.63, 3.8) is 0 Å². The minimum atomic E-state index is -0.861. The molecule has 0 fully saturated rings. The molecular weight excluding hydrogens is 378 g/mol. The van der Waals surface area contributed by atoms with E-state index in [-0.39, 0.29) is 23.1 Å². The molecule has 0 amide bonds. The van der Waals surface area contributed by atoms with E-state index >= 15 is 0 Å². The van der Waals surface area contributed by atoms with Gasteiger partial charge in [0.05, 0.1) is 6.20 Å². The number of hydrogen-bond acceptors (Lipinski definition) is 5. The maximum atomic E-state index is 14.3. The van der Waals surface area contributed by atoms with Crippen LogP contribution in [0, 0.1) is 11.6 Å². The largest absolute Gasteiger partial charge is 0.473 e. The Morgan fingerprint density at radius 2 is 1.85 bits per heavy atom. The molecule has 4 aromatic rings. The smallest absolute Gasteiger partial charge is 0.236 e. The highest BCUT2D eigenvalue weighted by molar-refractivity contribution is 6.29. The SMILES string of the molecule is Fc1cc(COc2ccn3ccnc3n2)cc(F)c1Oc1ccc(Cl)nc1. The maximum absolute atomic E-state index is 14.3. The normalized spacial score (nSPS) is 10.9. The number of halogens is 3. The fraction of sp³-hybridized carbons (Fsp3) is 0.0556. The number of hydrogen-bond donors (Lipinski definition) is 0. The Balaban J connectivity index is 1.49. The van der Waals surface area contributed by atoms with Crippen LogP contribution in [0.2, 0.25) is 5.15 Å². The van der Waals surface area contributed by atoms with Crippen molar-refractivity contribution in [3.05, 3.63) is 77.5 Å². The van der Waals surface area contributed by atoms with Gasteiger partial charge in [0, 0.05) is 24.7 Å². The van der Waals surface area contributed by atoms with Crippen molar-refractivity contribution in [1.82, 2.24) is 19.4 Å². The van der Waals surface area contributed by atoms with Crippen LogP contribution in [0.25, 0.3) is 5.78 Å². The van der Waals surface area contributed by atoms with E-state index in [0.29, 0.717) is 11.7 Å². The van der Waals surface area contributed by atoms with Crippen LogP contribution >= 0.6 is 11.6 Å². The van der Waals surface area contributed by atoms with E-state index in [9.17, 15) is 8.78 Å². The van der Waals surface area contributed by atoms with Gasteiger partial charge in [-0.1, -0.05) is 11.6 Å². The average molecular weight is 389 g/mol. The molecule has 0 aliphatic rings. The Morgan fingerprint density at radius 1 is 1.04 bits per heavy atom. The monoisotopic (exact) mass is 388 g/mol. The van der Waals surface area contributed by atoms with E-state index < -0.39 is 17.4 Å². The van der Waals surface area contributed by atoms with Crippen LogP contribution in [0.3, 0.4) is 0 Å². The summed E-state index contributed by atoms with van der Waals surface area (Å²) in [7, 11) is 0. The third kappa shape index (κ3) is 3.80.